The largest absolute Gasteiger partial charge is 0.456 e. The summed E-state index contributed by atoms with van der Waals surface area (Å²) >= 11 is 0. The lowest BCUT2D eigenvalue weighted by Crippen LogP contribution is -2.45. The Morgan fingerprint density at radius 1 is 1.00 bits per heavy atom. The number of ketones is 1. The molecular formula is C24H26N2O5. The van der Waals surface area contributed by atoms with E-state index < -0.39 is 30.3 Å². The molecule has 3 rings (SSSR count). The van der Waals surface area contributed by atoms with Crippen LogP contribution in [0.2, 0.25) is 0 Å². The first-order valence-electron chi connectivity index (χ1n) is 10.0. The zero-order chi connectivity index (χ0) is 22.4. The van der Waals surface area contributed by atoms with Gasteiger partial charge in [-0.1, -0.05) is 48.5 Å². The first-order chi connectivity index (χ1) is 14.7. The highest BCUT2D eigenvalue weighted by Crippen LogP contribution is 2.20. The number of aromatic amines is 1. The summed E-state index contributed by atoms with van der Waals surface area (Å²) in [6, 6.07) is 15.2. The molecule has 3 aromatic rings. The number of hydrogen-bond acceptors (Lipinski definition) is 5. The maximum absolute atomic E-state index is 12.8. The van der Waals surface area contributed by atoms with Gasteiger partial charge in [0.2, 0.25) is 0 Å². The molecule has 7 nitrogen and oxygen atoms in total. The Morgan fingerprint density at radius 3 is 2.39 bits per heavy atom. The Balaban J connectivity index is 1.73. The van der Waals surface area contributed by atoms with Crippen LogP contribution < -0.4 is 5.32 Å². The summed E-state index contributed by atoms with van der Waals surface area (Å²) in [5.74, 6) is -1.03. The van der Waals surface area contributed by atoms with Gasteiger partial charge in [0.1, 0.15) is 11.6 Å². The molecule has 0 saturated heterocycles. The maximum Gasteiger partial charge on any atom is 0.408 e. The highest BCUT2D eigenvalue weighted by molar-refractivity contribution is 5.98. The van der Waals surface area contributed by atoms with E-state index in [-0.39, 0.29) is 12.2 Å². The van der Waals surface area contributed by atoms with E-state index in [4.69, 9.17) is 9.47 Å². The second kappa shape index (κ2) is 9.47. The van der Waals surface area contributed by atoms with Gasteiger partial charge in [0.05, 0.1) is 0 Å². The summed E-state index contributed by atoms with van der Waals surface area (Å²) in [4.78, 5) is 40.5. The molecule has 0 bridgehead atoms. The lowest BCUT2D eigenvalue weighted by atomic mass is 10.1. The quantitative estimate of drug-likeness (QED) is 0.443. The van der Waals surface area contributed by atoms with Crippen molar-refractivity contribution >= 4 is 28.7 Å². The van der Waals surface area contributed by atoms with Crippen molar-refractivity contribution in [3.05, 3.63) is 71.9 Å². The third kappa shape index (κ3) is 6.18. The van der Waals surface area contributed by atoms with Crippen molar-refractivity contribution in [3.8, 4) is 0 Å². The molecule has 31 heavy (non-hydrogen) atoms. The van der Waals surface area contributed by atoms with Gasteiger partial charge in [-0.2, -0.15) is 0 Å². The van der Waals surface area contributed by atoms with Gasteiger partial charge < -0.3 is 19.8 Å². The summed E-state index contributed by atoms with van der Waals surface area (Å²) in [7, 11) is 0. The van der Waals surface area contributed by atoms with Crippen LogP contribution in [0.3, 0.4) is 0 Å². The minimum Gasteiger partial charge on any atom is -0.456 e. The number of nitrogens with one attached hydrogen (secondary N) is 2. The van der Waals surface area contributed by atoms with Crippen LogP contribution in [0.5, 0.6) is 0 Å². The standard InChI is InChI=1S/C24H26N2O5/c1-24(2,3)31-23(29)26-20(13-17-14-25-19-12-8-7-11-18(17)19)22(28)30-15-21(27)16-9-5-4-6-10-16/h4-12,14,20,25H,13,15H2,1-3H3,(H,26,29)/t20-/m0/s1. The van der Waals surface area contributed by atoms with E-state index in [1.165, 1.54) is 0 Å². The number of esters is 1. The smallest absolute Gasteiger partial charge is 0.408 e. The highest BCUT2D eigenvalue weighted by Gasteiger charge is 2.27. The van der Waals surface area contributed by atoms with Gasteiger partial charge in [-0.05, 0) is 32.4 Å². The fraction of sp³-hybridized carbons (Fsp3) is 0.292. The summed E-state index contributed by atoms with van der Waals surface area (Å²) in [6.45, 7) is 4.79. The number of fused-ring (bicyclic) bond motifs is 1. The van der Waals surface area contributed by atoms with Gasteiger partial charge >= 0.3 is 12.1 Å². The Kier molecular flexibility index (Phi) is 6.74. The van der Waals surface area contributed by atoms with Gasteiger partial charge in [0.25, 0.3) is 0 Å². The van der Waals surface area contributed by atoms with E-state index in [1.54, 1.807) is 57.3 Å². The van der Waals surface area contributed by atoms with Crippen LogP contribution in [0.4, 0.5) is 4.79 Å². The average molecular weight is 422 g/mol. The number of para-hydroxylation sites is 1. The van der Waals surface area contributed by atoms with E-state index in [2.05, 4.69) is 10.3 Å². The van der Waals surface area contributed by atoms with Crippen LogP contribution in [0, 0.1) is 0 Å². The molecule has 162 valence electrons. The Bertz CT molecular complexity index is 1070. The van der Waals surface area contributed by atoms with Crippen LogP contribution in [-0.4, -0.2) is 41.1 Å². The molecule has 7 heteroatoms. The van der Waals surface area contributed by atoms with Gasteiger partial charge in [0, 0.05) is 29.1 Å². The molecule has 0 fully saturated rings. The van der Waals surface area contributed by atoms with E-state index in [9.17, 15) is 14.4 Å². The van der Waals surface area contributed by atoms with Gasteiger partial charge in [-0.3, -0.25) is 4.79 Å². The van der Waals surface area contributed by atoms with Crippen LogP contribution in [0.15, 0.2) is 60.8 Å². The molecule has 1 heterocycles. The zero-order valence-electron chi connectivity index (χ0n) is 17.8. The van der Waals surface area contributed by atoms with Crippen LogP contribution >= 0.6 is 0 Å². The number of aromatic nitrogens is 1. The molecule has 2 aromatic carbocycles. The van der Waals surface area contributed by atoms with Crippen molar-refractivity contribution in [3.63, 3.8) is 0 Å². The number of benzene rings is 2. The number of H-pyrrole nitrogens is 1. The number of rotatable bonds is 7. The van der Waals surface area contributed by atoms with Crippen LogP contribution in [0.25, 0.3) is 10.9 Å². The summed E-state index contributed by atoms with van der Waals surface area (Å²) in [5, 5.41) is 3.52. The van der Waals surface area contributed by atoms with Gasteiger partial charge in [-0.25, -0.2) is 9.59 Å². The van der Waals surface area contributed by atoms with E-state index >= 15 is 0 Å². The normalized spacial score (nSPS) is 12.2. The molecule has 0 aliphatic rings. The maximum atomic E-state index is 12.8. The van der Waals surface area contributed by atoms with E-state index in [0.29, 0.717) is 5.56 Å². The molecule has 0 aliphatic heterocycles. The monoisotopic (exact) mass is 422 g/mol. The number of amides is 1. The molecule has 0 spiro atoms. The second-order valence-electron chi connectivity index (χ2n) is 8.16. The first-order valence-corrected chi connectivity index (χ1v) is 10.0. The van der Waals surface area contributed by atoms with Crippen LogP contribution in [-0.2, 0) is 20.7 Å². The molecule has 0 saturated carbocycles. The average Bonchev–Trinajstić information content (AvgIpc) is 3.13. The minimum atomic E-state index is -1.02. The molecule has 0 aliphatic carbocycles. The Morgan fingerprint density at radius 2 is 1.68 bits per heavy atom. The summed E-state index contributed by atoms with van der Waals surface area (Å²) < 4.78 is 10.5. The van der Waals surface area contributed by atoms with E-state index in [1.807, 2.05) is 24.3 Å². The number of alkyl carbamates (subject to hydrolysis) is 1. The molecule has 0 radical (unpaired) electrons. The highest BCUT2D eigenvalue weighted by atomic mass is 16.6. The SMILES string of the molecule is CC(C)(C)OC(=O)N[C@@H](Cc1c[nH]c2ccccc12)C(=O)OCC(=O)c1ccccc1. The van der Waals surface area contributed by atoms with E-state index in [0.717, 1.165) is 16.5 Å². The predicted molar refractivity (Wildman–Crippen MR) is 117 cm³/mol. The Hall–Kier alpha value is -3.61. The van der Waals surface area contributed by atoms with Crippen molar-refractivity contribution in [1.82, 2.24) is 10.3 Å². The van der Waals surface area contributed by atoms with Gasteiger partial charge in [-0.15, -0.1) is 0 Å². The number of Topliss-reactive ketones (excluding diaryl/α,β-unsaturated/α-hetero) is 1. The van der Waals surface area contributed by atoms with Gasteiger partial charge in [0.15, 0.2) is 12.4 Å². The molecule has 2 N–H and O–H groups in total. The van der Waals surface area contributed by atoms with Crippen molar-refractivity contribution in [1.29, 1.82) is 0 Å². The summed E-state index contributed by atoms with van der Waals surface area (Å²) in [6.07, 6.45) is 1.24. The predicted octanol–water partition coefficient (Wildman–Crippen LogP) is 4.03. The van der Waals surface area contributed by atoms with Crippen LogP contribution in [0.1, 0.15) is 36.7 Å². The molecule has 1 aromatic heterocycles. The fourth-order valence-corrected chi connectivity index (χ4v) is 3.11. The number of hydrogen-bond donors (Lipinski definition) is 2. The molecule has 1 atom stereocenters. The number of carbonyl (C=O) groups is 3. The van der Waals surface area contributed by atoms with Crippen molar-refractivity contribution < 1.29 is 23.9 Å². The van der Waals surface area contributed by atoms with Crippen molar-refractivity contribution in [2.75, 3.05) is 6.61 Å². The Labute approximate surface area is 180 Å². The molecular weight excluding hydrogens is 396 g/mol. The summed E-state index contributed by atoms with van der Waals surface area (Å²) in [5.41, 5.74) is 1.48. The minimum absolute atomic E-state index is 0.182. The molecule has 0 unspecified atom stereocenters. The second-order valence-corrected chi connectivity index (χ2v) is 8.16. The fourth-order valence-electron chi connectivity index (χ4n) is 3.11. The lowest BCUT2D eigenvalue weighted by molar-refractivity contribution is -0.145. The third-order valence-corrected chi connectivity index (χ3v) is 4.52. The first kappa shape index (κ1) is 22.1. The number of carbonyl (C=O) groups excluding carboxylic acids is 3. The molecule has 1 amide bonds. The topological polar surface area (TPSA) is 97.5 Å². The van der Waals surface area contributed by atoms with Crippen molar-refractivity contribution in [2.45, 2.75) is 38.8 Å². The number of ether oxygens (including phenoxy) is 2. The van der Waals surface area contributed by atoms with Crippen molar-refractivity contribution in [2.24, 2.45) is 0 Å². The third-order valence-electron chi connectivity index (χ3n) is 4.52. The zero-order valence-corrected chi connectivity index (χ0v) is 17.8. The lowest BCUT2D eigenvalue weighted by Gasteiger charge is -2.23.